The highest BCUT2D eigenvalue weighted by Crippen LogP contribution is 2.30. The number of hydrazine groups is 1. The first-order chi connectivity index (χ1) is 5.42. The van der Waals surface area contributed by atoms with Gasteiger partial charge in [-0.3, -0.25) is 5.84 Å². The van der Waals surface area contributed by atoms with E-state index in [0.717, 1.165) is 11.3 Å². The fraction of sp³-hybridized carbons (Fsp3) is 0.250. The van der Waals surface area contributed by atoms with Crippen molar-refractivity contribution in [2.24, 2.45) is 5.84 Å². The molecule has 3 nitrogen and oxygen atoms in total. The van der Waals surface area contributed by atoms with Crippen molar-refractivity contribution in [3.63, 3.8) is 0 Å². The highest BCUT2D eigenvalue weighted by Gasteiger charge is 2.21. The Labute approximate surface area is 65.1 Å². The smallest absolute Gasteiger partial charge is 0.124 e. The minimum atomic E-state index is 0.159. The van der Waals surface area contributed by atoms with Gasteiger partial charge in [-0.2, -0.15) is 0 Å². The van der Waals surface area contributed by atoms with Crippen molar-refractivity contribution in [1.29, 1.82) is 0 Å². The molecule has 58 valence electrons. The van der Waals surface area contributed by atoms with E-state index in [-0.39, 0.29) is 6.04 Å². The molecule has 0 spiro atoms. The van der Waals surface area contributed by atoms with Gasteiger partial charge in [-0.25, -0.2) is 5.43 Å². The van der Waals surface area contributed by atoms with Crippen molar-refractivity contribution in [3.05, 3.63) is 29.8 Å². The van der Waals surface area contributed by atoms with E-state index >= 15 is 0 Å². The normalized spacial score (nSPS) is 21.0. The van der Waals surface area contributed by atoms with Crippen LogP contribution >= 0.6 is 0 Å². The molecule has 1 aliphatic heterocycles. The molecule has 11 heavy (non-hydrogen) atoms. The monoisotopic (exact) mass is 150 g/mol. The molecule has 1 aliphatic rings. The molecule has 1 aromatic rings. The molecule has 0 saturated heterocycles. The van der Waals surface area contributed by atoms with Crippen LogP contribution in [0.5, 0.6) is 5.75 Å². The molecule has 3 heteroatoms. The first-order valence-corrected chi connectivity index (χ1v) is 3.59. The van der Waals surface area contributed by atoms with Gasteiger partial charge in [0.2, 0.25) is 0 Å². The Kier molecular flexibility index (Phi) is 1.52. The van der Waals surface area contributed by atoms with Crippen LogP contribution in [0, 0.1) is 0 Å². The number of nitrogens with one attached hydrogen (secondary N) is 1. The van der Waals surface area contributed by atoms with Crippen LogP contribution in [0.25, 0.3) is 0 Å². The predicted octanol–water partition coefficient (Wildman–Crippen LogP) is 0.583. The largest absolute Gasteiger partial charge is 0.491 e. The van der Waals surface area contributed by atoms with E-state index in [1.807, 2.05) is 24.3 Å². The summed E-state index contributed by atoms with van der Waals surface area (Å²) in [6.45, 7) is 0.635. The van der Waals surface area contributed by atoms with Crippen molar-refractivity contribution >= 4 is 0 Å². The van der Waals surface area contributed by atoms with Crippen LogP contribution in [-0.2, 0) is 0 Å². The predicted molar refractivity (Wildman–Crippen MR) is 42.0 cm³/mol. The molecule has 2 rings (SSSR count). The standard InChI is InChI=1S/C8H10N2O/c9-10-7-5-11-8-4-2-1-3-6(7)8/h1-4,7,10H,5,9H2/t7-/m1/s1. The van der Waals surface area contributed by atoms with Crippen LogP contribution < -0.4 is 16.0 Å². The van der Waals surface area contributed by atoms with Crippen LogP contribution in [0.4, 0.5) is 0 Å². The number of hydrogen-bond donors (Lipinski definition) is 2. The van der Waals surface area contributed by atoms with Crippen LogP contribution in [0.2, 0.25) is 0 Å². The van der Waals surface area contributed by atoms with Crippen LogP contribution in [0.1, 0.15) is 11.6 Å². The van der Waals surface area contributed by atoms with E-state index in [2.05, 4.69) is 5.43 Å². The fourth-order valence-corrected chi connectivity index (χ4v) is 1.30. The summed E-state index contributed by atoms with van der Waals surface area (Å²) in [7, 11) is 0. The molecule has 3 N–H and O–H groups in total. The maximum atomic E-state index is 5.36. The third-order valence-electron chi connectivity index (χ3n) is 1.90. The lowest BCUT2D eigenvalue weighted by atomic mass is 10.1. The van der Waals surface area contributed by atoms with E-state index in [9.17, 15) is 0 Å². The number of rotatable bonds is 1. The number of para-hydroxylation sites is 1. The van der Waals surface area contributed by atoms with Crippen LogP contribution in [-0.4, -0.2) is 6.61 Å². The second-order valence-electron chi connectivity index (χ2n) is 2.57. The van der Waals surface area contributed by atoms with Gasteiger partial charge in [-0.1, -0.05) is 18.2 Å². The number of nitrogens with two attached hydrogens (primary N) is 1. The summed E-state index contributed by atoms with van der Waals surface area (Å²) in [5.41, 5.74) is 3.84. The first kappa shape index (κ1) is 6.64. The highest BCUT2D eigenvalue weighted by molar-refractivity contribution is 5.38. The van der Waals surface area contributed by atoms with Crippen LogP contribution in [0.15, 0.2) is 24.3 Å². The van der Waals surface area contributed by atoms with Gasteiger partial charge >= 0.3 is 0 Å². The zero-order chi connectivity index (χ0) is 7.68. The van der Waals surface area contributed by atoms with Gasteiger partial charge in [0.05, 0.1) is 6.04 Å². The summed E-state index contributed by atoms with van der Waals surface area (Å²) >= 11 is 0. The van der Waals surface area contributed by atoms with Crippen LogP contribution in [0.3, 0.4) is 0 Å². The molecule has 1 heterocycles. The van der Waals surface area contributed by atoms with Crippen molar-refractivity contribution in [3.8, 4) is 5.75 Å². The van der Waals surface area contributed by atoms with E-state index in [4.69, 9.17) is 10.6 Å². The van der Waals surface area contributed by atoms with Crippen molar-refractivity contribution in [1.82, 2.24) is 5.43 Å². The Hall–Kier alpha value is -1.06. The Bertz CT molecular complexity index is 262. The lowest BCUT2D eigenvalue weighted by molar-refractivity contribution is 0.313. The Morgan fingerprint density at radius 1 is 1.45 bits per heavy atom. The van der Waals surface area contributed by atoms with E-state index < -0.39 is 0 Å². The molecule has 0 unspecified atom stereocenters. The number of hydrogen-bond acceptors (Lipinski definition) is 3. The quantitative estimate of drug-likeness (QED) is 0.455. The minimum Gasteiger partial charge on any atom is -0.491 e. The summed E-state index contributed by atoms with van der Waals surface area (Å²) in [6, 6.07) is 8.07. The fourth-order valence-electron chi connectivity index (χ4n) is 1.30. The minimum absolute atomic E-state index is 0.159. The molecule has 0 fully saturated rings. The molecule has 0 amide bonds. The lowest BCUT2D eigenvalue weighted by Crippen LogP contribution is -2.28. The topological polar surface area (TPSA) is 47.3 Å². The summed E-state index contributed by atoms with van der Waals surface area (Å²) in [4.78, 5) is 0. The Morgan fingerprint density at radius 2 is 2.27 bits per heavy atom. The summed E-state index contributed by atoms with van der Waals surface area (Å²) in [5, 5.41) is 0. The zero-order valence-corrected chi connectivity index (χ0v) is 6.08. The second-order valence-corrected chi connectivity index (χ2v) is 2.57. The van der Waals surface area contributed by atoms with Gasteiger partial charge in [-0.15, -0.1) is 0 Å². The number of benzene rings is 1. The van der Waals surface area contributed by atoms with E-state index in [0.29, 0.717) is 6.61 Å². The molecule has 0 aromatic heterocycles. The molecular weight excluding hydrogens is 140 g/mol. The molecule has 1 aromatic carbocycles. The highest BCUT2D eigenvalue weighted by atomic mass is 16.5. The SMILES string of the molecule is NN[C@@H]1COc2ccccc21. The molecule has 0 bridgehead atoms. The Balaban J connectivity index is 2.39. The summed E-state index contributed by atoms with van der Waals surface area (Å²) in [6.07, 6.45) is 0. The first-order valence-electron chi connectivity index (χ1n) is 3.59. The van der Waals surface area contributed by atoms with Gasteiger partial charge in [0.1, 0.15) is 12.4 Å². The summed E-state index contributed by atoms with van der Waals surface area (Å²) in [5.74, 6) is 6.26. The molecule has 0 aliphatic carbocycles. The van der Waals surface area contributed by atoms with Gasteiger partial charge in [0.15, 0.2) is 0 Å². The van der Waals surface area contributed by atoms with Crippen molar-refractivity contribution < 1.29 is 4.74 Å². The third-order valence-corrected chi connectivity index (χ3v) is 1.90. The van der Waals surface area contributed by atoms with Gasteiger partial charge in [-0.05, 0) is 6.07 Å². The molecule has 1 atom stereocenters. The maximum Gasteiger partial charge on any atom is 0.124 e. The van der Waals surface area contributed by atoms with E-state index in [1.165, 1.54) is 0 Å². The van der Waals surface area contributed by atoms with Crippen molar-refractivity contribution in [2.75, 3.05) is 6.61 Å². The van der Waals surface area contributed by atoms with Gasteiger partial charge in [0, 0.05) is 5.56 Å². The zero-order valence-electron chi connectivity index (χ0n) is 6.08. The number of ether oxygens (including phenoxy) is 1. The Morgan fingerprint density at radius 3 is 3.09 bits per heavy atom. The lowest BCUT2D eigenvalue weighted by Gasteiger charge is -2.04. The molecule has 0 saturated carbocycles. The van der Waals surface area contributed by atoms with Crippen molar-refractivity contribution in [2.45, 2.75) is 6.04 Å². The second kappa shape index (κ2) is 2.53. The molecule has 0 radical (unpaired) electrons. The average molecular weight is 150 g/mol. The van der Waals surface area contributed by atoms with Gasteiger partial charge < -0.3 is 4.74 Å². The maximum absolute atomic E-state index is 5.36. The third kappa shape index (κ3) is 0.982. The average Bonchev–Trinajstić information content (AvgIpc) is 2.47. The number of fused-ring (bicyclic) bond motifs is 1. The molecular formula is C8H10N2O. The van der Waals surface area contributed by atoms with Gasteiger partial charge in [0.25, 0.3) is 0 Å². The van der Waals surface area contributed by atoms with E-state index in [1.54, 1.807) is 0 Å². The summed E-state index contributed by atoms with van der Waals surface area (Å²) < 4.78 is 5.36.